The molecule has 0 spiro atoms. The van der Waals surface area contributed by atoms with E-state index in [4.69, 9.17) is 0 Å². The topological polar surface area (TPSA) is 34.1 Å². The fourth-order valence-corrected chi connectivity index (χ4v) is 10.6. The molecule has 0 bridgehead atoms. The molecule has 1 aliphatic rings. The van der Waals surface area contributed by atoms with E-state index in [0.29, 0.717) is 15.9 Å². The van der Waals surface area contributed by atoms with Crippen molar-refractivity contribution in [1.29, 1.82) is 0 Å². The van der Waals surface area contributed by atoms with Crippen LogP contribution >= 0.6 is 6.91 Å². The molecular weight excluding hydrogens is 402 g/mol. The van der Waals surface area contributed by atoms with E-state index in [0.717, 1.165) is 0 Å². The van der Waals surface area contributed by atoms with E-state index < -0.39 is 22.9 Å². The SMILES string of the molecule is O=S(=O)=C1C=CC=CC1P(F)(c1ccccc1)(c1ccccc1)c1ccccc1. The van der Waals surface area contributed by atoms with Crippen LogP contribution in [0.2, 0.25) is 0 Å². The van der Waals surface area contributed by atoms with Gasteiger partial charge in [0, 0.05) is 0 Å². The van der Waals surface area contributed by atoms with Crippen LogP contribution < -0.4 is 15.9 Å². The van der Waals surface area contributed by atoms with Gasteiger partial charge in [0.1, 0.15) is 0 Å². The molecule has 1 unspecified atom stereocenters. The van der Waals surface area contributed by atoms with Gasteiger partial charge in [-0.15, -0.1) is 0 Å². The minimum absolute atomic E-state index is 0.0595. The molecule has 0 fully saturated rings. The Kier molecular flexibility index (Phi) is 5.08. The number of rotatable bonds is 4. The van der Waals surface area contributed by atoms with Crippen LogP contribution in [-0.2, 0) is 10.3 Å². The molecule has 0 amide bonds. The van der Waals surface area contributed by atoms with Gasteiger partial charge in [-0.3, -0.25) is 0 Å². The molecule has 146 valence electrons. The molecule has 0 heterocycles. The zero-order valence-corrected chi connectivity index (χ0v) is 17.3. The number of hydrogen-bond donors (Lipinski definition) is 0. The summed E-state index contributed by atoms with van der Waals surface area (Å²) in [6.45, 7) is -4.74. The van der Waals surface area contributed by atoms with E-state index >= 15 is 4.20 Å². The van der Waals surface area contributed by atoms with Crippen LogP contribution in [0.3, 0.4) is 0 Å². The van der Waals surface area contributed by atoms with Gasteiger partial charge in [0.05, 0.1) is 0 Å². The third-order valence-electron chi connectivity index (χ3n) is 5.45. The van der Waals surface area contributed by atoms with Crippen molar-refractivity contribution in [2.45, 2.75) is 5.66 Å². The van der Waals surface area contributed by atoms with E-state index in [9.17, 15) is 8.42 Å². The van der Waals surface area contributed by atoms with Crippen molar-refractivity contribution < 1.29 is 12.6 Å². The van der Waals surface area contributed by atoms with Crippen LogP contribution in [0.5, 0.6) is 0 Å². The standard InChI is InChI=1S/C24H20FO2PS/c25-28(20-12-4-1-5-13-20,21-14-6-2-7-15-21,22-16-8-3-9-17-22)23-18-10-11-19-24(23)29(26)27/h1-19,23H. The first-order valence-electron chi connectivity index (χ1n) is 9.28. The van der Waals surface area contributed by atoms with Crippen LogP contribution in [0.1, 0.15) is 0 Å². The fourth-order valence-electron chi connectivity index (χ4n) is 4.16. The van der Waals surface area contributed by atoms with Gasteiger partial charge in [-0.05, 0) is 0 Å². The predicted molar refractivity (Wildman–Crippen MR) is 122 cm³/mol. The van der Waals surface area contributed by atoms with Gasteiger partial charge >= 0.3 is 172 Å². The van der Waals surface area contributed by atoms with Crippen molar-refractivity contribution in [2.24, 2.45) is 0 Å². The Balaban J connectivity index is 2.25. The third-order valence-corrected chi connectivity index (χ3v) is 11.8. The summed E-state index contributed by atoms with van der Waals surface area (Å²) < 4.78 is 43.0. The molecule has 0 saturated carbocycles. The summed E-state index contributed by atoms with van der Waals surface area (Å²) in [5, 5.41) is 1.51. The molecule has 1 aliphatic carbocycles. The van der Waals surface area contributed by atoms with Crippen molar-refractivity contribution in [3.63, 3.8) is 0 Å². The van der Waals surface area contributed by atoms with Crippen LogP contribution in [-0.4, -0.2) is 18.9 Å². The second-order valence-corrected chi connectivity index (χ2v) is 12.1. The molecule has 0 saturated heterocycles. The van der Waals surface area contributed by atoms with E-state index in [1.807, 2.05) is 18.2 Å². The molecule has 3 aromatic carbocycles. The molecule has 3 aromatic rings. The van der Waals surface area contributed by atoms with Crippen LogP contribution in [0.4, 0.5) is 4.20 Å². The van der Waals surface area contributed by atoms with Crippen LogP contribution in [0, 0.1) is 0 Å². The molecule has 1 atom stereocenters. The molecule has 29 heavy (non-hydrogen) atoms. The zero-order valence-electron chi connectivity index (χ0n) is 15.6. The molecular formula is C24H20FO2PS. The van der Waals surface area contributed by atoms with Crippen molar-refractivity contribution in [3.05, 3.63) is 115 Å². The van der Waals surface area contributed by atoms with Crippen molar-refractivity contribution >= 4 is 38.0 Å². The van der Waals surface area contributed by atoms with E-state index in [1.165, 1.54) is 6.08 Å². The van der Waals surface area contributed by atoms with Gasteiger partial charge in [0.25, 0.3) is 0 Å². The maximum atomic E-state index is 18.6. The first kappa shape index (κ1) is 19.5. The summed E-state index contributed by atoms with van der Waals surface area (Å²) in [5.74, 6) is 0. The zero-order chi connectivity index (χ0) is 20.3. The summed E-state index contributed by atoms with van der Waals surface area (Å²) in [6.07, 6.45) is 6.57. The first-order valence-corrected chi connectivity index (χ1v) is 12.5. The Morgan fingerprint density at radius 3 is 1.45 bits per heavy atom. The van der Waals surface area contributed by atoms with Crippen molar-refractivity contribution in [3.8, 4) is 0 Å². The van der Waals surface area contributed by atoms with Crippen molar-refractivity contribution in [1.82, 2.24) is 0 Å². The second kappa shape index (κ2) is 7.55. The Morgan fingerprint density at radius 1 is 0.655 bits per heavy atom. The average Bonchev–Trinajstić information content (AvgIpc) is 2.80. The van der Waals surface area contributed by atoms with E-state index in [1.54, 1.807) is 91.0 Å². The summed E-state index contributed by atoms with van der Waals surface area (Å²) in [6, 6.07) is 27.0. The van der Waals surface area contributed by atoms with E-state index in [-0.39, 0.29) is 4.86 Å². The van der Waals surface area contributed by atoms with Gasteiger partial charge in [-0.25, -0.2) is 0 Å². The minimum atomic E-state index is -4.74. The summed E-state index contributed by atoms with van der Waals surface area (Å²) >= 11 is 0. The predicted octanol–water partition coefficient (Wildman–Crippen LogP) is 3.95. The molecule has 0 N–H and O–H groups in total. The molecule has 4 rings (SSSR count). The molecule has 0 radical (unpaired) electrons. The first-order chi connectivity index (χ1) is 14.1. The Morgan fingerprint density at radius 2 is 1.07 bits per heavy atom. The van der Waals surface area contributed by atoms with Crippen LogP contribution in [0.15, 0.2) is 115 Å². The molecule has 0 aromatic heterocycles. The molecule has 0 aliphatic heterocycles. The number of hydrogen-bond acceptors (Lipinski definition) is 2. The number of allylic oxidation sites excluding steroid dienone is 4. The van der Waals surface area contributed by atoms with E-state index in [2.05, 4.69) is 0 Å². The second-order valence-electron chi connectivity index (χ2n) is 6.91. The monoisotopic (exact) mass is 422 g/mol. The Labute approximate surface area is 171 Å². The maximum absolute atomic E-state index is 18.6. The summed E-state index contributed by atoms with van der Waals surface area (Å²) in [4.78, 5) is 0.0595. The average molecular weight is 422 g/mol. The quantitative estimate of drug-likeness (QED) is 0.471. The normalized spacial score (nSPS) is 17.5. The van der Waals surface area contributed by atoms with Crippen molar-refractivity contribution in [2.75, 3.05) is 0 Å². The molecule has 2 nitrogen and oxygen atoms in total. The van der Waals surface area contributed by atoms with Gasteiger partial charge in [0.2, 0.25) is 0 Å². The molecule has 5 heteroatoms. The van der Waals surface area contributed by atoms with Gasteiger partial charge in [-0.2, -0.15) is 0 Å². The Hall–Kier alpha value is -2.81. The van der Waals surface area contributed by atoms with Gasteiger partial charge in [0.15, 0.2) is 0 Å². The summed E-state index contributed by atoms with van der Waals surface area (Å²) in [7, 11) is -2.55. The fraction of sp³-hybridized carbons (Fsp3) is 0.0417. The number of halogens is 1. The van der Waals surface area contributed by atoms with Gasteiger partial charge in [-0.1, -0.05) is 0 Å². The van der Waals surface area contributed by atoms with Gasteiger partial charge < -0.3 is 0 Å². The third kappa shape index (κ3) is 2.91. The number of benzene rings is 3. The summed E-state index contributed by atoms with van der Waals surface area (Å²) in [5.41, 5.74) is -0.948. The van der Waals surface area contributed by atoms with Crippen LogP contribution in [0.25, 0.3) is 0 Å². The Bertz CT molecular complexity index is 1110.